The van der Waals surface area contributed by atoms with Crippen LogP contribution in [0.1, 0.15) is 18.2 Å². The Balaban J connectivity index is 2.25. The van der Waals surface area contributed by atoms with Gasteiger partial charge < -0.3 is 4.74 Å². The maximum atomic E-state index is 5.73. The first-order chi connectivity index (χ1) is 8.19. The molecule has 1 heterocycles. The van der Waals surface area contributed by atoms with E-state index in [1.54, 1.807) is 0 Å². The summed E-state index contributed by atoms with van der Waals surface area (Å²) in [5, 5.41) is 0. The highest BCUT2D eigenvalue weighted by atomic mass is 79.9. The van der Waals surface area contributed by atoms with Gasteiger partial charge in [0.1, 0.15) is 12.1 Å². The van der Waals surface area contributed by atoms with E-state index < -0.39 is 0 Å². The summed E-state index contributed by atoms with van der Waals surface area (Å²) in [7, 11) is 0. The minimum Gasteiger partial charge on any atom is -0.439 e. The molecule has 0 bridgehead atoms. The molecule has 4 heteroatoms. The zero-order valence-corrected chi connectivity index (χ0v) is 11.4. The number of rotatable bonds is 3. The number of aromatic nitrogens is 2. The molecule has 0 radical (unpaired) electrons. The Bertz CT molecular complexity index is 529. The first kappa shape index (κ1) is 12.0. The van der Waals surface area contributed by atoms with E-state index >= 15 is 0 Å². The van der Waals surface area contributed by atoms with Gasteiger partial charge in [-0.2, -0.15) is 0 Å². The molecule has 0 aliphatic carbocycles. The molecule has 0 atom stereocenters. The zero-order valence-electron chi connectivity index (χ0n) is 9.77. The number of aryl methyl sites for hydroxylation is 2. The Labute approximate surface area is 109 Å². The standard InChI is InChI=1S/C13H13BrN2O/c1-3-11-7-13(16-8-15-11)17-12-5-4-10(14)6-9(12)2/h4-8H,3H2,1-2H3. The van der Waals surface area contributed by atoms with Gasteiger partial charge in [0.15, 0.2) is 0 Å². The zero-order chi connectivity index (χ0) is 12.3. The van der Waals surface area contributed by atoms with Crippen LogP contribution in [0.4, 0.5) is 0 Å². The maximum Gasteiger partial charge on any atom is 0.222 e. The third kappa shape index (κ3) is 3.03. The molecule has 0 N–H and O–H groups in total. The van der Waals surface area contributed by atoms with Crippen molar-refractivity contribution >= 4 is 15.9 Å². The monoisotopic (exact) mass is 292 g/mol. The van der Waals surface area contributed by atoms with Crippen molar-refractivity contribution in [2.24, 2.45) is 0 Å². The highest BCUT2D eigenvalue weighted by Gasteiger charge is 2.04. The quantitative estimate of drug-likeness (QED) is 0.860. The molecule has 1 aromatic heterocycles. The molecule has 1 aromatic carbocycles. The van der Waals surface area contributed by atoms with Crippen molar-refractivity contribution in [2.75, 3.05) is 0 Å². The van der Waals surface area contributed by atoms with Gasteiger partial charge in [-0.05, 0) is 37.1 Å². The fourth-order valence-electron chi connectivity index (χ4n) is 1.47. The Hall–Kier alpha value is -1.42. The second-order valence-corrected chi connectivity index (χ2v) is 4.63. The number of nitrogens with zero attached hydrogens (tertiary/aromatic N) is 2. The Morgan fingerprint density at radius 3 is 2.76 bits per heavy atom. The molecule has 0 saturated heterocycles. The summed E-state index contributed by atoms with van der Waals surface area (Å²) < 4.78 is 6.78. The van der Waals surface area contributed by atoms with E-state index in [0.717, 1.165) is 27.9 Å². The Morgan fingerprint density at radius 2 is 2.06 bits per heavy atom. The summed E-state index contributed by atoms with van der Waals surface area (Å²) >= 11 is 3.42. The number of hydrogen-bond donors (Lipinski definition) is 0. The van der Waals surface area contributed by atoms with Gasteiger partial charge in [-0.15, -0.1) is 0 Å². The molecule has 17 heavy (non-hydrogen) atoms. The highest BCUT2D eigenvalue weighted by Crippen LogP contribution is 2.26. The van der Waals surface area contributed by atoms with Gasteiger partial charge >= 0.3 is 0 Å². The summed E-state index contributed by atoms with van der Waals surface area (Å²) in [6.07, 6.45) is 2.40. The number of benzene rings is 1. The summed E-state index contributed by atoms with van der Waals surface area (Å²) in [5.74, 6) is 1.40. The second-order valence-electron chi connectivity index (χ2n) is 3.71. The van der Waals surface area contributed by atoms with Crippen molar-refractivity contribution in [1.29, 1.82) is 0 Å². The van der Waals surface area contributed by atoms with Gasteiger partial charge in [-0.1, -0.05) is 22.9 Å². The molecule has 0 spiro atoms. The second kappa shape index (κ2) is 5.27. The SMILES string of the molecule is CCc1cc(Oc2ccc(Br)cc2C)ncn1. The first-order valence-electron chi connectivity index (χ1n) is 5.44. The average Bonchev–Trinajstić information content (AvgIpc) is 2.33. The molecule has 2 aromatic rings. The predicted molar refractivity (Wildman–Crippen MR) is 70.4 cm³/mol. The lowest BCUT2D eigenvalue weighted by Crippen LogP contribution is -1.94. The number of halogens is 1. The van der Waals surface area contributed by atoms with Crippen molar-refractivity contribution in [3.05, 3.63) is 46.3 Å². The van der Waals surface area contributed by atoms with Gasteiger partial charge in [0.05, 0.1) is 0 Å². The summed E-state index contributed by atoms with van der Waals surface area (Å²) in [5.41, 5.74) is 2.04. The highest BCUT2D eigenvalue weighted by molar-refractivity contribution is 9.10. The van der Waals surface area contributed by atoms with E-state index in [-0.39, 0.29) is 0 Å². The van der Waals surface area contributed by atoms with E-state index in [1.807, 2.05) is 31.2 Å². The molecule has 0 unspecified atom stereocenters. The lowest BCUT2D eigenvalue weighted by Gasteiger charge is -2.08. The minimum atomic E-state index is 0.585. The van der Waals surface area contributed by atoms with Gasteiger partial charge in [-0.25, -0.2) is 9.97 Å². The van der Waals surface area contributed by atoms with Crippen LogP contribution in [0.2, 0.25) is 0 Å². The smallest absolute Gasteiger partial charge is 0.222 e. The predicted octanol–water partition coefficient (Wildman–Crippen LogP) is 3.90. The van der Waals surface area contributed by atoms with E-state index in [0.29, 0.717) is 5.88 Å². The van der Waals surface area contributed by atoms with Crippen molar-refractivity contribution in [1.82, 2.24) is 9.97 Å². The van der Waals surface area contributed by atoms with Crippen molar-refractivity contribution in [3.8, 4) is 11.6 Å². The molecular formula is C13H13BrN2O. The van der Waals surface area contributed by atoms with Gasteiger partial charge in [-0.3, -0.25) is 0 Å². The Morgan fingerprint density at radius 1 is 1.24 bits per heavy atom. The summed E-state index contributed by atoms with van der Waals surface area (Å²) in [6, 6.07) is 7.75. The topological polar surface area (TPSA) is 35.0 Å². The molecule has 0 aliphatic heterocycles. The molecule has 2 rings (SSSR count). The largest absolute Gasteiger partial charge is 0.439 e. The fourth-order valence-corrected chi connectivity index (χ4v) is 1.94. The van der Waals surface area contributed by atoms with Crippen LogP contribution in [-0.2, 0) is 6.42 Å². The normalized spacial score (nSPS) is 10.3. The molecule has 3 nitrogen and oxygen atoms in total. The Kier molecular flexibility index (Phi) is 3.74. The molecule has 0 aliphatic rings. The van der Waals surface area contributed by atoms with Crippen molar-refractivity contribution in [3.63, 3.8) is 0 Å². The average molecular weight is 293 g/mol. The number of hydrogen-bond acceptors (Lipinski definition) is 3. The van der Waals surface area contributed by atoms with Crippen LogP contribution in [0.3, 0.4) is 0 Å². The van der Waals surface area contributed by atoms with E-state index in [4.69, 9.17) is 4.74 Å². The molecular weight excluding hydrogens is 280 g/mol. The third-order valence-corrected chi connectivity index (χ3v) is 2.91. The molecule has 88 valence electrons. The van der Waals surface area contributed by atoms with Crippen molar-refractivity contribution < 1.29 is 4.74 Å². The first-order valence-corrected chi connectivity index (χ1v) is 6.23. The van der Waals surface area contributed by atoms with Crippen LogP contribution >= 0.6 is 15.9 Å². The lowest BCUT2D eigenvalue weighted by atomic mass is 10.2. The van der Waals surface area contributed by atoms with E-state index in [1.165, 1.54) is 6.33 Å². The van der Waals surface area contributed by atoms with Gasteiger partial charge in [0.25, 0.3) is 0 Å². The van der Waals surface area contributed by atoms with Gasteiger partial charge in [0.2, 0.25) is 5.88 Å². The third-order valence-electron chi connectivity index (χ3n) is 2.41. The minimum absolute atomic E-state index is 0.585. The number of ether oxygens (including phenoxy) is 1. The van der Waals surface area contributed by atoms with Crippen LogP contribution in [-0.4, -0.2) is 9.97 Å². The summed E-state index contributed by atoms with van der Waals surface area (Å²) in [4.78, 5) is 8.24. The molecule has 0 saturated carbocycles. The van der Waals surface area contributed by atoms with Crippen LogP contribution in [0, 0.1) is 6.92 Å². The van der Waals surface area contributed by atoms with Crippen LogP contribution < -0.4 is 4.74 Å². The van der Waals surface area contributed by atoms with Crippen LogP contribution in [0.5, 0.6) is 11.6 Å². The molecule has 0 amide bonds. The van der Waals surface area contributed by atoms with Crippen molar-refractivity contribution in [2.45, 2.75) is 20.3 Å². The van der Waals surface area contributed by atoms with E-state index in [2.05, 4.69) is 32.8 Å². The van der Waals surface area contributed by atoms with E-state index in [9.17, 15) is 0 Å². The van der Waals surface area contributed by atoms with Crippen LogP contribution in [0.25, 0.3) is 0 Å². The molecule has 0 fully saturated rings. The lowest BCUT2D eigenvalue weighted by molar-refractivity contribution is 0.457. The van der Waals surface area contributed by atoms with Gasteiger partial charge in [0, 0.05) is 16.2 Å². The van der Waals surface area contributed by atoms with Crippen LogP contribution in [0.15, 0.2) is 35.1 Å². The summed E-state index contributed by atoms with van der Waals surface area (Å²) in [6.45, 7) is 4.05. The maximum absolute atomic E-state index is 5.73. The fraction of sp³-hybridized carbons (Fsp3) is 0.231.